The zero-order chi connectivity index (χ0) is 15.7. The smallest absolute Gasteiger partial charge is 0.346 e. The fourth-order valence-corrected chi connectivity index (χ4v) is 4.07. The minimum atomic E-state index is -3.86. The summed E-state index contributed by atoms with van der Waals surface area (Å²) < 4.78 is 25.3. The van der Waals surface area contributed by atoms with E-state index in [0.29, 0.717) is 16.9 Å². The van der Waals surface area contributed by atoms with Gasteiger partial charge in [0.2, 0.25) is 5.91 Å². The lowest BCUT2D eigenvalue weighted by molar-refractivity contribution is -0.128. The number of aryl methyl sites for hydroxylation is 1. The zero-order valence-corrected chi connectivity index (χ0v) is 13.2. The van der Waals surface area contributed by atoms with Gasteiger partial charge in [0.15, 0.2) is 0 Å². The maximum atomic E-state index is 12.3. The summed E-state index contributed by atoms with van der Waals surface area (Å²) in [5.74, 6) is -1.52. The fourth-order valence-electron chi connectivity index (χ4n) is 1.36. The van der Waals surface area contributed by atoms with E-state index in [9.17, 15) is 18.0 Å². The van der Waals surface area contributed by atoms with E-state index < -0.39 is 16.0 Å². The SMILES string of the molecule is Cc1cc(S(=O)(=O)N(C)CC(=O)N(C)C)sc1C(=O)O. The van der Waals surface area contributed by atoms with Gasteiger partial charge in [-0.25, -0.2) is 13.2 Å². The van der Waals surface area contributed by atoms with Crippen LogP contribution in [0.4, 0.5) is 0 Å². The van der Waals surface area contributed by atoms with Crippen LogP contribution >= 0.6 is 11.3 Å². The second-order valence-electron chi connectivity index (χ2n) is 4.43. The number of carbonyl (C=O) groups is 2. The fraction of sp³-hybridized carbons (Fsp3) is 0.455. The number of sulfonamides is 1. The highest BCUT2D eigenvalue weighted by atomic mass is 32.2. The van der Waals surface area contributed by atoms with E-state index in [2.05, 4.69) is 0 Å². The first-order chi connectivity index (χ1) is 9.07. The minimum Gasteiger partial charge on any atom is -0.477 e. The Kier molecular flexibility index (Phi) is 4.90. The summed E-state index contributed by atoms with van der Waals surface area (Å²) in [6.07, 6.45) is 0. The molecule has 0 aliphatic carbocycles. The van der Waals surface area contributed by atoms with Crippen LogP contribution in [0, 0.1) is 6.92 Å². The van der Waals surface area contributed by atoms with Crippen LogP contribution in [0.2, 0.25) is 0 Å². The molecule has 1 rings (SSSR count). The molecule has 0 saturated carbocycles. The molecule has 1 N–H and O–H groups in total. The molecule has 1 heterocycles. The summed E-state index contributed by atoms with van der Waals surface area (Å²) in [5, 5.41) is 8.94. The molecule has 112 valence electrons. The molecule has 0 aliphatic rings. The number of carboxylic acids is 1. The number of hydrogen-bond acceptors (Lipinski definition) is 5. The Hall–Kier alpha value is -1.45. The maximum Gasteiger partial charge on any atom is 0.346 e. The summed E-state index contributed by atoms with van der Waals surface area (Å²) in [6.45, 7) is 1.23. The summed E-state index contributed by atoms with van der Waals surface area (Å²) in [4.78, 5) is 23.7. The molecule has 0 atom stereocenters. The van der Waals surface area contributed by atoms with E-state index in [0.717, 1.165) is 4.31 Å². The van der Waals surface area contributed by atoms with Gasteiger partial charge in [0.25, 0.3) is 10.0 Å². The Bertz CT molecular complexity index is 633. The highest BCUT2D eigenvalue weighted by molar-refractivity contribution is 7.91. The molecule has 0 bridgehead atoms. The van der Waals surface area contributed by atoms with Gasteiger partial charge in [0.05, 0.1) is 6.54 Å². The molecule has 0 aliphatic heterocycles. The first-order valence-corrected chi connectivity index (χ1v) is 7.83. The number of rotatable bonds is 5. The summed E-state index contributed by atoms with van der Waals surface area (Å²) >= 11 is 0.684. The highest BCUT2D eigenvalue weighted by Gasteiger charge is 2.27. The van der Waals surface area contributed by atoms with Crippen LogP contribution in [0.25, 0.3) is 0 Å². The molecule has 1 aromatic rings. The topological polar surface area (TPSA) is 95.0 Å². The monoisotopic (exact) mass is 320 g/mol. The van der Waals surface area contributed by atoms with Crippen molar-refractivity contribution in [2.24, 2.45) is 0 Å². The van der Waals surface area contributed by atoms with Crippen molar-refractivity contribution in [2.75, 3.05) is 27.7 Å². The Morgan fingerprint density at radius 2 is 1.85 bits per heavy atom. The predicted octanol–water partition coefficient (Wildman–Crippen LogP) is 0.463. The molecule has 0 fully saturated rings. The zero-order valence-electron chi connectivity index (χ0n) is 11.6. The summed E-state index contributed by atoms with van der Waals surface area (Å²) in [5.41, 5.74) is 0.383. The second kappa shape index (κ2) is 5.90. The van der Waals surface area contributed by atoms with Gasteiger partial charge in [-0.15, -0.1) is 11.3 Å². The van der Waals surface area contributed by atoms with E-state index in [1.165, 1.54) is 39.0 Å². The van der Waals surface area contributed by atoms with E-state index in [1.807, 2.05) is 0 Å². The van der Waals surface area contributed by atoms with E-state index >= 15 is 0 Å². The van der Waals surface area contributed by atoms with Crippen LogP contribution < -0.4 is 0 Å². The molecule has 0 unspecified atom stereocenters. The van der Waals surface area contributed by atoms with Gasteiger partial charge in [-0.3, -0.25) is 4.79 Å². The van der Waals surface area contributed by atoms with Crippen molar-refractivity contribution in [1.29, 1.82) is 0 Å². The molecule has 1 aromatic heterocycles. The number of thiophene rings is 1. The van der Waals surface area contributed by atoms with Crippen molar-refractivity contribution >= 4 is 33.2 Å². The van der Waals surface area contributed by atoms with Gasteiger partial charge < -0.3 is 10.0 Å². The summed E-state index contributed by atoms with van der Waals surface area (Å²) in [7, 11) is 0.479. The van der Waals surface area contributed by atoms with Crippen LogP contribution in [-0.2, 0) is 14.8 Å². The third kappa shape index (κ3) is 3.35. The molecule has 0 saturated heterocycles. The van der Waals surface area contributed by atoms with Crippen molar-refractivity contribution in [3.8, 4) is 0 Å². The Balaban J connectivity index is 3.08. The van der Waals surface area contributed by atoms with E-state index in [1.54, 1.807) is 0 Å². The van der Waals surface area contributed by atoms with Gasteiger partial charge in [0.1, 0.15) is 9.09 Å². The van der Waals surface area contributed by atoms with Crippen LogP contribution in [0.3, 0.4) is 0 Å². The number of likely N-dealkylation sites (N-methyl/N-ethyl adjacent to an activating group) is 2. The number of carbonyl (C=O) groups excluding carboxylic acids is 1. The molecule has 0 radical (unpaired) electrons. The molecular formula is C11H16N2O5S2. The molecule has 9 heteroatoms. The van der Waals surface area contributed by atoms with Gasteiger partial charge in [-0.2, -0.15) is 4.31 Å². The van der Waals surface area contributed by atoms with Gasteiger partial charge in [-0.05, 0) is 18.6 Å². The largest absolute Gasteiger partial charge is 0.477 e. The van der Waals surface area contributed by atoms with Crippen LogP contribution in [0.15, 0.2) is 10.3 Å². The molecule has 7 nitrogen and oxygen atoms in total. The standard InChI is InChI=1S/C11H16N2O5S2/c1-7-5-9(19-10(7)11(15)16)20(17,18)13(4)6-8(14)12(2)3/h5H,6H2,1-4H3,(H,15,16). The van der Waals surface area contributed by atoms with Crippen LogP contribution in [-0.4, -0.2) is 62.3 Å². The number of aromatic carboxylic acids is 1. The van der Waals surface area contributed by atoms with Crippen molar-refractivity contribution in [2.45, 2.75) is 11.1 Å². The quantitative estimate of drug-likeness (QED) is 0.850. The Morgan fingerprint density at radius 3 is 2.25 bits per heavy atom. The maximum absolute atomic E-state index is 12.3. The second-order valence-corrected chi connectivity index (χ2v) is 7.76. The predicted molar refractivity (Wildman–Crippen MR) is 74.5 cm³/mol. The number of amides is 1. The Labute approximate surface area is 121 Å². The Morgan fingerprint density at radius 1 is 1.30 bits per heavy atom. The molecule has 0 spiro atoms. The highest BCUT2D eigenvalue weighted by Crippen LogP contribution is 2.27. The first-order valence-electron chi connectivity index (χ1n) is 5.57. The van der Waals surface area contributed by atoms with Gasteiger partial charge in [0, 0.05) is 21.1 Å². The number of hydrogen-bond donors (Lipinski definition) is 1. The van der Waals surface area contributed by atoms with E-state index in [4.69, 9.17) is 5.11 Å². The van der Waals surface area contributed by atoms with E-state index in [-0.39, 0.29) is 21.5 Å². The third-order valence-electron chi connectivity index (χ3n) is 2.61. The van der Waals surface area contributed by atoms with Crippen molar-refractivity contribution < 1.29 is 23.1 Å². The molecular weight excluding hydrogens is 304 g/mol. The lowest BCUT2D eigenvalue weighted by atomic mass is 10.3. The number of carboxylic acid groups (broad SMARTS) is 1. The molecule has 0 aromatic carbocycles. The van der Waals surface area contributed by atoms with Gasteiger partial charge >= 0.3 is 5.97 Å². The average Bonchev–Trinajstić information content (AvgIpc) is 2.71. The minimum absolute atomic E-state index is 0.0177. The molecule has 1 amide bonds. The van der Waals surface area contributed by atoms with Crippen molar-refractivity contribution in [1.82, 2.24) is 9.21 Å². The molecule has 20 heavy (non-hydrogen) atoms. The van der Waals surface area contributed by atoms with Crippen LogP contribution in [0.5, 0.6) is 0 Å². The van der Waals surface area contributed by atoms with Gasteiger partial charge in [-0.1, -0.05) is 0 Å². The lowest BCUT2D eigenvalue weighted by Crippen LogP contribution is -2.37. The first kappa shape index (κ1) is 16.6. The van der Waals surface area contributed by atoms with Crippen LogP contribution in [0.1, 0.15) is 15.2 Å². The number of nitrogens with zero attached hydrogens (tertiary/aromatic N) is 2. The normalized spacial score (nSPS) is 11.7. The lowest BCUT2D eigenvalue weighted by Gasteiger charge is -2.18. The van der Waals surface area contributed by atoms with Crippen molar-refractivity contribution in [3.63, 3.8) is 0 Å². The average molecular weight is 320 g/mol. The summed E-state index contributed by atoms with van der Waals surface area (Å²) in [6, 6.07) is 1.31. The van der Waals surface area contributed by atoms with Crippen molar-refractivity contribution in [3.05, 3.63) is 16.5 Å². The third-order valence-corrected chi connectivity index (χ3v) is 6.09.